The van der Waals surface area contributed by atoms with Gasteiger partial charge in [-0.25, -0.2) is 9.97 Å². The molecule has 4 aromatic rings. The Morgan fingerprint density at radius 3 is 2.70 bits per heavy atom. The number of anilines is 1. The number of nitrogens with zero attached hydrogens (tertiary/aromatic N) is 5. The maximum Gasteiger partial charge on any atom is 0.278 e. The van der Waals surface area contributed by atoms with Crippen LogP contribution in [0.1, 0.15) is 12.5 Å². The van der Waals surface area contributed by atoms with Crippen LogP contribution in [-0.4, -0.2) is 37.0 Å². The SMILES string of the molecule is CC(=O)NCCn1c(=O)c(-c2cccnc2)nc2cnc(NCc3ccc(Cl)c(Cl)c3)nc21. The summed E-state index contributed by atoms with van der Waals surface area (Å²) in [5, 5.41) is 6.75. The van der Waals surface area contributed by atoms with Crippen LogP contribution < -0.4 is 16.2 Å². The summed E-state index contributed by atoms with van der Waals surface area (Å²) in [6, 6.07) is 8.80. The molecule has 2 N–H and O–H groups in total. The highest BCUT2D eigenvalue weighted by atomic mass is 35.5. The van der Waals surface area contributed by atoms with E-state index in [1.54, 1.807) is 42.9 Å². The zero-order chi connectivity index (χ0) is 23.4. The number of hydrogen-bond donors (Lipinski definition) is 2. The fourth-order valence-electron chi connectivity index (χ4n) is 3.19. The minimum Gasteiger partial charge on any atom is -0.355 e. The van der Waals surface area contributed by atoms with Gasteiger partial charge in [-0.3, -0.25) is 19.1 Å². The predicted octanol–water partition coefficient (Wildman–Crippen LogP) is 3.30. The van der Waals surface area contributed by atoms with Crippen LogP contribution in [0.4, 0.5) is 5.95 Å². The molecule has 0 fully saturated rings. The van der Waals surface area contributed by atoms with Crippen molar-refractivity contribution in [2.75, 3.05) is 11.9 Å². The highest BCUT2D eigenvalue weighted by Gasteiger charge is 2.15. The van der Waals surface area contributed by atoms with Gasteiger partial charge in [0, 0.05) is 44.5 Å². The third-order valence-electron chi connectivity index (χ3n) is 4.76. The number of fused-ring (bicyclic) bond motifs is 1. The van der Waals surface area contributed by atoms with Crippen LogP contribution in [0.25, 0.3) is 22.4 Å². The molecular formula is C22H19Cl2N7O2. The predicted molar refractivity (Wildman–Crippen MR) is 127 cm³/mol. The average Bonchev–Trinajstić information content (AvgIpc) is 2.81. The van der Waals surface area contributed by atoms with E-state index in [1.807, 2.05) is 6.07 Å². The molecule has 4 rings (SSSR count). The van der Waals surface area contributed by atoms with Crippen molar-refractivity contribution in [3.63, 3.8) is 0 Å². The number of halogens is 2. The number of aromatic nitrogens is 5. The number of carbonyl (C=O) groups excluding carboxylic acids is 1. The lowest BCUT2D eigenvalue weighted by Crippen LogP contribution is -2.31. The smallest absolute Gasteiger partial charge is 0.278 e. The van der Waals surface area contributed by atoms with E-state index in [9.17, 15) is 9.59 Å². The maximum absolute atomic E-state index is 13.3. The second-order valence-corrected chi connectivity index (χ2v) is 7.96. The monoisotopic (exact) mass is 483 g/mol. The fourth-order valence-corrected chi connectivity index (χ4v) is 3.51. The standard InChI is InChI=1S/C22H19Cl2N7O2/c1-13(32)26-7-8-31-20-18(29-19(21(31)33)15-3-2-6-25-11-15)12-28-22(30-20)27-10-14-4-5-16(23)17(24)9-14/h2-6,9,11-12H,7-8,10H2,1H3,(H,26,32)(H,27,28,30). The van der Waals surface area contributed by atoms with Crippen molar-refractivity contribution in [3.05, 3.63) is 74.9 Å². The fraction of sp³-hybridized carbons (Fsp3) is 0.182. The van der Waals surface area contributed by atoms with Gasteiger partial charge in [-0.2, -0.15) is 4.98 Å². The Morgan fingerprint density at radius 1 is 1.12 bits per heavy atom. The Balaban J connectivity index is 1.71. The van der Waals surface area contributed by atoms with E-state index in [0.29, 0.717) is 39.3 Å². The molecule has 0 radical (unpaired) electrons. The third kappa shape index (κ3) is 5.27. The van der Waals surface area contributed by atoms with Crippen LogP contribution in [0.2, 0.25) is 10.0 Å². The number of pyridine rings is 1. The number of nitrogens with one attached hydrogen (secondary N) is 2. The van der Waals surface area contributed by atoms with Gasteiger partial charge in [-0.05, 0) is 29.8 Å². The van der Waals surface area contributed by atoms with Gasteiger partial charge in [-0.15, -0.1) is 0 Å². The summed E-state index contributed by atoms with van der Waals surface area (Å²) in [4.78, 5) is 42.0. The minimum atomic E-state index is -0.338. The zero-order valence-corrected chi connectivity index (χ0v) is 19.1. The lowest BCUT2D eigenvalue weighted by molar-refractivity contribution is -0.118. The van der Waals surface area contributed by atoms with Gasteiger partial charge in [-0.1, -0.05) is 29.3 Å². The topological polar surface area (TPSA) is 115 Å². The summed E-state index contributed by atoms with van der Waals surface area (Å²) in [5.74, 6) is 0.129. The van der Waals surface area contributed by atoms with Crippen molar-refractivity contribution < 1.29 is 4.79 Å². The van der Waals surface area contributed by atoms with Crippen molar-refractivity contribution >= 4 is 46.2 Å². The van der Waals surface area contributed by atoms with E-state index >= 15 is 0 Å². The van der Waals surface area contributed by atoms with Crippen molar-refractivity contribution in [2.24, 2.45) is 0 Å². The largest absolute Gasteiger partial charge is 0.355 e. The molecular weight excluding hydrogens is 465 g/mol. The number of amides is 1. The summed E-state index contributed by atoms with van der Waals surface area (Å²) in [7, 11) is 0. The van der Waals surface area contributed by atoms with Crippen LogP contribution in [0.5, 0.6) is 0 Å². The molecule has 0 unspecified atom stereocenters. The van der Waals surface area contributed by atoms with Gasteiger partial charge in [0.05, 0.1) is 16.2 Å². The lowest BCUT2D eigenvalue weighted by atomic mass is 10.2. The summed E-state index contributed by atoms with van der Waals surface area (Å²) in [6.45, 7) is 2.30. The Hall–Kier alpha value is -3.56. The van der Waals surface area contributed by atoms with E-state index < -0.39 is 0 Å². The summed E-state index contributed by atoms with van der Waals surface area (Å²) >= 11 is 12.0. The first-order valence-corrected chi connectivity index (χ1v) is 10.8. The second-order valence-electron chi connectivity index (χ2n) is 7.15. The summed E-state index contributed by atoms with van der Waals surface area (Å²) in [6.07, 6.45) is 4.74. The zero-order valence-electron chi connectivity index (χ0n) is 17.5. The van der Waals surface area contributed by atoms with E-state index in [4.69, 9.17) is 23.2 Å². The van der Waals surface area contributed by atoms with Gasteiger partial charge < -0.3 is 10.6 Å². The Labute approximate surface area is 198 Å². The number of carbonyl (C=O) groups is 1. The van der Waals surface area contributed by atoms with Gasteiger partial charge in [0.1, 0.15) is 11.2 Å². The molecule has 1 aromatic carbocycles. The quantitative estimate of drug-likeness (QED) is 0.414. The molecule has 0 saturated heterocycles. The minimum absolute atomic E-state index is 0.187. The average molecular weight is 484 g/mol. The third-order valence-corrected chi connectivity index (χ3v) is 5.50. The Morgan fingerprint density at radius 2 is 1.97 bits per heavy atom. The lowest BCUT2D eigenvalue weighted by Gasteiger charge is -2.13. The first-order chi connectivity index (χ1) is 15.9. The van der Waals surface area contributed by atoms with Crippen LogP contribution in [0, 0.1) is 0 Å². The van der Waals surface area contributed by atoms with Gasteiger partial charge >= 0.3 is 0 Å². The van der Waals surface area contributed by atoms with Crippen molar-refractivity contribution in [2.45, 2.75) is 20.0 Å². The molecule has 1 amide bonds. The molecule has 0 aliphatic carbocycles. The van der Waals surface area contributed by atoms with Crippen LogP contribution in [0.3, 0.4) is 0 Å². The molecule has 9 nitrogen and oxygen atoms in total. The van der Waals surface area contributed by atoms with Crippen molar-refractivity contribution in [1.82, 2.24) is 29.8 Å². The molecule has 3 heterocycles. The van der Waals surface area contributed by atoms with Crippen LogP contribution in [0.15, 0.2) is 53.7 Å². The Kier molecular flexibility index (Phi) is 6.81. The van der Waals surface area contributed by atoms with E-state index in [0.717, 1.165) is 5.56 Å². The summed E-state index contributed by atoms with van der Waals surface area (Å²) in [5.41, 5.74) is 2.16. The first-order valence-electron chi connectivity index (χ1n) is 10.0. The summed E-state index contributed by atoms with van der Waals surface area (Å²) < 4.78 is 1.48. The van der Waals surface area contributed by atoms with E-state index in [2.05, 4.69) is 30.6 Å². The molecule has 0 aliphatic heterocycles. The molecule has 168 valence electrons. The van der Waals surface area contributed by atoms with Crippen LogP contribution >= 0.6 is 23.2 Å². The molecule has 3 aromatic heterocycles. The maximum atomic E-state index is 13.3. The molecule has 33 heavy (non-hydrogen) atoms. The van der Waals surface area contributed by atoms with Crippen LogP contribution in [-0.2, 0) is 17.9 Å². The van der Waals surface area contributed by atoms with E-state index in [-0.39, 0.29) is 30.2 Å². The Bertz CT molecular complexity index is 1380. The molecule has 0 bridgehead atoms. The highest BCUT2D eigenvalue weighted by Crippen LogP contribution is 2.23. The number of benzene rings is 1. The number of rotatable bonds is 7. The molecule has 0 aliphatic rings. The second kappa shape index (κ2) is 9.93. The number of hydrogen-bond acceptors (Lipinski definition) is 7. The molecule has 0 atom stereocenters. The molecule has 0 saturated carbocycles. The van der Waals surface area contributed by atoms with Crippen molar-refractivity contribution in [3.8, 4) is 11.3 Å². The normalized spacial score (nSPS) is 10.9. The van der Waals surface area contributed by atoms with Gasteiger partial charge in [0.25, 0.3) is 5.56 Å². The van der Waals surface area contributed by atoms with E-state index in [1.165, 1.54) is 11.5 Å². The first kappa shape index (κ1) is 22.6. The van der Waals surface area contributed by atoms with Gasteiger partial charge in [0.15, 0.2) is 5.65 Å². The van der Waals surface area contributed by atoms with Gasteiger partial charge in [0.2, 0.25) is 11.9 Å². The molecule has 0 spiro atoms. The molecule has 11 heteroatoms. The highest BCUT2D eigenvalue weighted by molar-refractivity contribution is 6.42. The van der Waals surface area contributed by atoms with Crippen molar-refractivity contribution in [1.29, 1.82) is 0 Å².